The zero-order valence-corrected chi connectivity index (χ0v) is 14.3. The number of nitrogens with zero attached hydrogens (tertiary/aromatic N) is 3. The van der Waals surface area contributed by atoms with Gasteiger partial charge in [-0.3, -0.25) is 0 Å². The fourth-order valence-corrected chi connectivity index (χ4v) is 4.28. The van der Waals surface area contributed by atoms with Gasteiger partial charge in [0.05, 0.1) is 18.2 Å². The minimum absolute atomic E-state index is 0.0681. The largest absolute Gasteiger partial charge is 0.381 e. The zero-order valence-electron chi connectivity index (χ0n) is 14.3. The molecule has 0 radical (unpaired) electrons. The lowest BCUT2D eigenvalue weighted by atomic mass is 9.86. The number of nitrogens with one attached hydrogen (secondary N) is 1. The van der Waals surface area contributed by atoms with Crippen LogP contribution in [0.3, 0.4) is 0 Å². The Kier molecular flexibility index (Phi) is 4.96. The summed E-state index contributed by atoms with van der Waals surface area (Å²) in [7, 11) is 0. The fourth-order valence-electron chi connectivity index (χ4n) is 4.28. The smallest absolute Gasteiger partial charge is 0.222 e. The van der Waals surface area contributed by atoms with Crippen molar-refractivity contribution < 1.29 is 9.47 Å². The van der Waals surface area contributed by atoms with Crippen molar-refractivity contribution in [3.05, 3.63) is 18.5 Å². The summed E-state index contributed by atoms with van der Waals surface area (Å²) in [4.78, 5) is 11.1. The average molecular weight is 332 g/mol. The van der Waals surface area contributed by atoms with Crippen LogP contribution in [0.5, 0.6) is 0 Å². The van der Waals surface area contributed by atoms with E-state index < -0.39 is 0 Å². The molecule has 4 rings (SSSR count). The maximum Gasteiger partial charge on any atom is 0.222 e. The highest BCUT2D eigenvalue weighted by atomic mass is 16.5. The number of likely N-dealkylation sites (tertiary alicyclic amines) is 1. The summed E-state index contributed by atoms with van der Waals surface area (Å²) in [5, 5.41) is 3.41. The molecule has 24 heavy (non-hydrogen) atoms. The lowest BCUT2D eigenvalue weighted by Crippen LogP contribution is -2.46. The van der Waals surface area contributed by atoms with E-state index in [4.69, 9.17) is 9.47 Å². The predicted molar refractivity (Wildman–Crippen MR) is 92.0 cm³/mol. The Morgan fingerprint density at radius 1 is 1.17 bits per heavy atom. The molecular formula is C18H28N4O2. The average Bonchev–Trinajstić information content (AvgIpc) is 3.01. The van der Waals surface area contributed by atoms with E-state index in [9.17, 15) is 0 Å². The van der Waals surface area contributed by atoms with Crippen LogP contribution < -0.4 is 5.32 Å². The van der Waals surface area contributed by atoms with Crippen molar-refractivity contribution in [1.82, 2.24) is 14.9 Å². The Bertz CT molecular complexity index is 513. The first kappa shape index (κ1) is 16.2. The molecule has 1 aromatic heterocycles. The number of anilines is 1. The minimum Gasteiger partial charge on any atom is -0.381 e. The summed E-state index contributed by atoms with van der Waals surface area (Å²) in [5.74, 6) is 1.53. The van der Waals surface area contributed by atoms with Crippen molar-refractivity contribution in [3.63, 3.8) is 0 Å². The van der Waals surface area contributed by atoms with Gasteiger partial charge in [0.15, 0.2) is 0 Å². The van der Waals surface area contributed by atoms with Gasteiger partial charge in [0.25, 0.3) is 0 Å². The fraction of sp³-hybridized carbons (Fsp3) is 0.778. The van der Waals surface area contributed by atoms with E-state index in [0.29, 0.717) is 12.0 Å². The molecule has 0 bridgehead atoms. The lowest BCUT2D eigenvalue weighted by Gasteiger charge is -2.40. The van der Waals surface area contributed by atoms with E-state index in [-0.39, 0.29) is 5.60 Å². The van der Waals surface area contributed by atoms with Crippen LogP contribution in [0.25, 0.3) is 0 Å². The second kappa shape index (κ2) is 7.33. The molecule has 1 aromatic rings. The quantitative estimate of drug-likeness (QED) is 0.909. The second-order valence-corrected chi connectivity index (χ2v) is 7.47. The van der Waals surface area contributed by atoms with Crippen LogP contribution in [0.15, 0.2) is 18.5 Å². The van der Waals surface area contributed by atoms with Crippen molar-refractivity contribution >= 4 is 5.95 Å². The van der Waals surface area contributed by atoms with Gasteiger partial charge in [0.1, 0.15) is 0 Å². The van der Waals surface area contributed by atoms with Gasteiger partial charge in [-0.1, -0.05) is 0 Å². The molecule has 1 unspecified atom stereocenters. The van der Waals surface area contributed by atoms with E-state index >= 15 is 0 Å². The topological polar surface area (TPSA) is 59.5 Å². The highest BCUT2D eigenvalue weighted by Crippen LogP contribution is 2.37. The zero-order chi connectivity index (χ0) is 16.2. The minimum atomic E-state index is 0.0681. The standard InChI is InChI=1S/C18H28N4O2/c1-6-19-17(20-7-1)21-16-12-18(24-14-16)4-8-22(9-5-18)13-15-2-10-23-11-3-15/h1,6-7,15-16H,2-5,8-14H2,(H,19,20,21). The van der Waals surface area contributed by atoms with Crippen LogP contribution in [-0.2, 0) is 9.47 Å². The summed E-state index contributed by atoms with van der Waals surface area (Å²) >= 11 is 0. The molecule has 1 spiro atoms. The molecular weight excluding hydrogens is 304 g/mol. The van der Waals surface area contributed by atoms with Gasteiger partial charge in [0, 0.05) is 45.2 Å². The SMILES string of the molecule is c1cnc(NC2COC3(CCN(CC4CCOCC4)CC3)C2)nc1. The van der Waals surface area contributed by atoms with Crippen LogP contribution in [0.2, 0.25) is 0 Å². The highest BCUT2D eigenvalue weighted by Gasteiger charge is 2.43. The van der Waals surface area contributed by atoms with Gasteiger partial charge in [-0.05, 0) is 44.1 Å². The molecule has 0 saturated carbocycles. The molecule has 1 N–H and O–H groups in total. The summed E-state index contributed by atoms with van der Waals surface area (Å²) in [6.07, 6.45) is 9.35. The molecule has 0 amide bonds. The molecule has 1 atom stereocenters. The Labute approximate surface area is 143 Å². The summed E-state index contributed by atoms with van der Waals surface area (Å²) in [6, 6.07) is 2.17. The lowest BCUT2D eigenvalue weighted by molar-refractivity contribution is -0.0486. The van der Waals surface area contributed by atoms with Crippen LogP contribution >= 0.6 is 0 Å². The van der Waals surface area contributed by atoms with Crippen LogP contribution in [0.4, 0.5) is 5.95 Å². The first-order valence-electron chi connectivity index (χ1n) is 9.29. The third-order valence-electron chi connectivity index (χ3n) is 5.73. The number of aromatic nitrogens is 2. The van der Waals surface area contributed by atoms with E-state index in [2.05, 4.69) is 20.2 Å². The molecule has 3 aliphatic rings. The highest BCUT2D eigenvalue weighted by molar-refractivity contribution is 5.25. The number of piperidine rings is 1. The Morgan fingerprint density at radius 3 is 2.67 bits per heavy atom. The van der Waals surface area contributed by atoms with Gasteiger partial charge < -0.3 is 19.7 Å². The number of hydrogen-bond acceptors (Lipinski definition) is 6. The van der Waals surface area contributed by atoms with E-state index in [1.807, 2.05) is 6.07 Å². The van der Waals surface area contributed by atoms with Gasteiger partial charge in [-0.15, -0.1) is 0 Å². The number of hydrogen-bond donors (Lipinski definition) is 1. The Morgan fingerprint density at radius 2 is 1.92 bits per heavy atom. The van der Waals surface area contributed by atoms with Crippen LogP contribution in [0.1, 0.15) is 32.1 Å². The molecule has 4 heterocycles. The maximum atomic E-state index is 6.24. The van der Waals surface area contributed by atoms with Crippen LogP contribution in [0, 0.1) is 5.92 Å². The molecule has 6 nitrogen and oxygen atoms in total. The van der Waals surface area contributed by atoms with Crippen LogP contribution in [-0.4, -0.2) is 66.0 Å². The van der Waals surface area contributed by atoms with Crippen molar-refractivity contribution in [2.75, 3.05) is 44.8 Å². The van der Waals surface area contributed by atoms with Gasteiger partial charge >= 0.3 is 0 Å². The first-order chi connectivity index (χ1) is 11.8. The molecule has 0 aromatic carbocycles. The van der Waals surface area contributed by atoms with Crippen molar-refractivity contribution in [3.8, 4) is 0 Å². The monoisotopic (exact) mass is 332 g/mol. The second-order valence-electron chi connectivity index (χ2n) is 7.47. The van der Waals surface area contributed by atoms with Gasteiger partial charge in [-0.25, -0.2) is 9.97 Å². The van der Waals surface area contributed by atoms with Gasteiger partial charge in [-0.2, -0.15) is 0 Å². The third kappa shape index (κ3) is 3.87. The number of rotatable bonds is 4. The summed E-state index contributed by atoms with van der Waals surface area (Å²) < 4.78 is 11.7. The van der Waals surface area contributed by atoms with E-state index in [1.165, 1.54) is 19.4 Å². The molecule has 3 saturated heterocycles. The Hall–Kier alpha value is -1.24. The summed E-state index contributed by atoms with van der Waals surface area (Å²) in [5.41, 5.74) is 0.0681. The van der Waals surface area contributed by atoms with Gasteiger partial charge in [0.2, 0.25) is 5.95 Å². The van der Waals surface area contributed by atoms with Crippen molar-refractivity contribution in [2.24, 2.45) is 5.92 Å². The maximum absolute atomic E-state index is 6.24. The van der Waals surface area contributed by atoms with E-state index in [1.54, 1.807) is 12.4 Å². The third-order valence-corrected chi connectivity index (χ3v) is 5.73. The number of ether oxygens (including phenoxy) is 2. The molecule has 6 heteroatoms. The molecule has 3 fully saturated rings. The molecule has 3 aliphatic heterocycles. The summed E-state index contributed by atoms with van der Waals surface area (Å²) in [6.45, 7) is 6.20. The molecule has 132 valence electrons. The predicted octanol–water partition coefficient (Wildman–Crippen LogP) is 1.94. The van der Waals surface area contributed by atoms with Crippen molar-refractivity contribution in [1.29, 1.82) is 0 Å². The Balaban J connectivity index is 1.25. The normalized spacial score (nSPS) is 28.2. The first-order valence-corrected chi connectivity index (χ1v) is 9.29. The molecule has 0 aliphatic carbocycles. The van der Waals surface area contributed by atoms with Crippen molar-refractivity contribution in [2.45, 2.75) is 43.7 Å². The van der Waals surface area contributed by atoms with E-state index in [0.717, 1.165) is 58.1 Å².